The third kappa shape index (κ3) is 2.17. The average Bonchev–Trinajstić information content (AvgIpc) is 3.03. The van der Waals surface area contributed by atoms with Gasteiger partial charge in [0.1, 0.15) is 0 Å². The maximum absolute atomic E-state index is 11.6. The standard InChI is InChI=1S/C14H16O/c1-10(12-6-4-3-5-7-12)14(11(2)15)13-8-9-13/h3-7,13H,8-9H2,1-2H3. The van der Waals surface area contributed by atoms with Crippen LogP contribution < -0.4 is 0 Å². The molecule has 1 aromatic carbocycles. The van der Waals surface area contributed by atoms with Gasteiger partial charge in [-0.25, -0.2) is 0 Å². The van der Waals surface area contributed by atoms with Gasteiger partial charge in [0.25, 0.3) is 0 Å². The minimum absolute atomic E-state index is 0.235. The highest BCUT2D eigenvalue weighted by atomic mass is 16.1. The van der Waals surface area contributed by atoms with Crippen LogP contribution in [0, 0.1) is 5.92 Å². The van der Waals surface area contributed by atoms with Gasteiger partial charge in [-0.15, -0.1) is 0 Å². The summed E-state index contributed by atoms with van der Waals surface area (Å²) in [6, 6.07) is 10.2. The van der Waals surface area contributed by atoms with Crippen LogP contribution in [0.5, 0.6) is 0 Å². The molecular formula is C14H16O. The Labute approximate surface area is 90.8 Å². The molecule has 0 radical (unpaired) electrons. The molecule has 0 N–H and O–H groups in total. The van der Waals surface area contributed by atoms with Gasteiger partial charge in [-0.2, -0.15) is 0 Å². The van der Waals surface area contributed by atoms with Crippen molar-refractivity contribution in [3.8, 4) is 0 Å². The lowest BCUT2D eigenvalue weighted by Gasteiger charge is -2.08. The quantitative estimate of drug-likeness (QED) is 0.683. The Kier molecular flexibility index (Phi) is 2.72. The van der Waals surface area contributed by atoms with Gasteiger partial charge in [-0.3, -0.25) is 4.79 Å². The van der Waals surface area contributed by atoms with Gasteiger partial charge in [0, 0.05) is 5.57 Å². The lowest BCUT2D eigenvalue weighted by Crippen LogP contribution is -2.02. The van der Waals surface area contributed by atoms with E-state index >= 15 is 0 Å². The molecule has 0 atom stereocenters. The van der Waals surface area contributed by atoms with Gasteiger partial charge in [0.05, 0.1) is 0 Å². The zero-order valence-corrected chi connectivity index (χ0v) is 9.29. The number of carbonyl (C=O) groups excluding carboxylic acids is 1. The fraction of sp³-hybridized carbons (Fsp3) is 0.357. The van der Waals surface area contributed by atoms with Crippen molar-refractivity contribution in [3.05, 3.63) is 41.5 Å². The Morgan fingerprint density at radius 2 is 1.73 bits per heavy atom. The predicted octanol–water partition coefficient (Wildman–Crippen LogP) is 3.46. The highest BCUT2D eigenvalue weighted by molar-refractivity contribution is 6.01. The van der Waals surface area contributed by atoms with Gasteiger partial charge in [0.2, 0.25) is 0 Å². The van der Waals surface area contributed by atoms with E-state index in [1.807, 2.05) is 18.2 Å². The number of hydrogen-bond donors (Lipinski definition) is 0. The molecule has 1 aliphatic carbocycles. The molecular weight excluding hydrogens is 184 g/mol. The number of ketones is 1. The summed E-state index contributed by atoms with van der Waals surface area (Å²) in [7, 11) is 0. The highest BCUT2D eigenvalue weighted by Crippen LogP contribution is 2.40. The monoisotopic (exact) mass is 200 g/mol. The second kappa shape index (κ2) is 4.01. The van der Waals surface area contributed by atoms with Crippen LogP contribution >= 0.6 is 0 Å². The summed E-state index contributed by atoms with van der Waals surface area (Å²) in [6.07, 6.45) is 2.36. The van der Waals surface area contributed by atoms with Crippen LogP contribution in [0.3, 0.4) is 0 Å². The van der Waals surface area contributed by atoms with Crippen molar-refractivity contribution in [2.45, 2.75) is 26.7 Å². The van der Waals surface area contributed by atoms with Crippen molar-refractivity contribution in [2.75, 3.05) is 0 Å². The molecule has 2 rings (SSSR count). The van der Waals surface area contributed by atoms with E-state index in [1.165, 1.54) is 18.4 Å². The maximum atomic E-state index is 11.6. The molecule has 1 aliphatic rings. The van der Waals surface area contributed by atoms with Crippen molar-refractivity contribution in [2.24, 2.45) is 5.92 Å². The molecule has 1 heteroatoms. The molecule has 1 saturated carbocycles. The van der Waals surface area contributed by atoms with Crippen LogP contribution in [0.1, 0.15) is 32.3 Å². The number of benzene rings is 1. The molecule has 0 aliphatic heterocycles. The van der Waals surface area contributed by atoms with E-state index in [9.17, 15) is 4.79 Å². The van der Waals surface area contributed by atoms with Crippen molar-refractivity contribution in [1.82, 2.24) is 0 Å². The molecule has 0 amide bonds. The van der Waals surface area contributed by atoms with E-state index in [0.29, 0.717) is 5.92 Å². The largest absolute Gasteiger partial charge is 0.295 e. The van der Waals surface area contributed by atoms with E-state index in [4.69, 9.17) is 0 Å². The Hall–Kier alpha value is -1.37. The van der Waals surface area contributed by atoms with Gasteiger partial charge in [0.15, 0.2) is 5.78 Å². The first-order valence-electron chi connectivity index (χ1n) is 5.47. The van der Waals surface area contributed by atoms with Crippen molar-refractivity contribution >= 4 is 11.4 Å². The van der Waals surface area contributed by atoms with Crippen LogP contribution in [0.4, 0.5) is 0 Å². The molecule has 15 heavy (non-hydrogen) atoms. The molecule has 0 unspecified atom stereocenters. The molecule has 0 bridgehead atoms. The highest BCUT2D eigenvalue weighted by Gasteiger charge is 2.30. The first-order valence-corrected chi connectivity index (χ1v) is 5.47. The third-order valence-corrected chi connectivity index (χ3v) is 2.98. The van der Waals surface area contributed by atoms with Gasteiger partial charge in [-0.1, -0.05) is 30.3 Å². The van der Waals surface area contributed by atoms with Crippen LogP contribution in [0.2, 0.25) is 0 Å². The molecule has 1 aromatic rings. The van der Waals surface area contributed by atoms with Crippen molar-refractivity contribution in [1.29, 1.82) is 0 Å². The van der Waals surface area contributed by atoms with Crippen LogP contribution in [0.25, 0.3) is 5.57 Å². The molecule has 0 aromatic heterocycles. The maximum Gasteiger partial charge on any atom is 0.156 e. The molecule has 1 fully saturated rings. The average molecular weight is 200 g/mol. The third-order valence-electron chi connectivity index (χ3n) is 2.98. The fourth-order valence-electron chi connectivity index (χ4n) is 2.07. The number of allylic oxidation sites excluding steroid dienone is 2. The van der Waals surface area contributed by atoms with Gasteiger partial charge in [-0.05, 0) is 43.7 Å². The minimum atomic E-state index is 0.235. The number of carbonyl (C=O) groups is 1. The first kappa shape index (κ1) is 10.2. The number of Topliss-reactive ketones (excluding diaryl/α,β-unsaturated/α-hetero) is 1. The normalized spacial score (nSPS) is 17.2. The number of rotatable bonds is 3. The summed E-state index contributed by atoms with van der Waals surface area (Å²) in [6.45, 7) is 3.74. The summed E-state index contributed by atoms with van der Waals surface area (Å²) in [5.74, 6) is 0.765. The van der Waals surface area contributed by atoms with Crippen molar-refractivity contribution in [3.63, 3.8) is 0 Å². The minimum Gasteiger partial charge on any atom is -0.295 e. The Balaban J connectivity index is 2.41. The van der Waals surface area contributed by atoms with Gasteiger partial charge >= 0.3 is 0 Å². The topological polar surface area (TPSA) is 17.1 Å². The summed E-state index contributed by atoms with van der Waals surface area (Å²) in [4.78, 5) is 11.6. The summed E-state index contributed by atoms with van der Waals surface area (Å²) in [5.41, 5.74) is 3.38. The summed E-state index contributed by atoms with van der Waals surface area (Å²) in [5, 5.41) is 0. The zero-order chi connectivity index (χ0) is 10.8. The molecule has 1 nitrogen and oxygen atoms in total. The second-order valence-corrected chi connectivity index (χ2v) is 4.24. The Morgan fingerprint density at radius 1 is 1.13 bits per heavy atom. The van der Waals surface area contributed by atoms with Crippen LogP contribution in [-0.2, 0) is 4.79 Å². The van der Waals surface area contributed by atoms with Gasteiger partial charge < -0.3 is 0 Å². The van der Waals surface area contributed by atoms with Crippen molar-refractivity contribution < 1.29 is 4.79 Å². The smallest absolute Gasteiger partial charge is 0.156 e. The van der Waals surface area contributed by atoms with E-state index < -0.39 is 0 Å². The SMILES string of the molecule is CC(=O)C(=C(C)c1ccccc1)C1CC1. The predicted molar refractivity (Wildman–Crippen MR) is 62.4 cm³/mol. The summed E-state index contributed by atoms with van der Waals surface area (Å²) >= 11 is 0. The van der Waals surface area contributed by atoms with Crippen LogP contribution in [0.15, 0.2) is 35.9 Å². The first-order chi connectivity index (χ1) is 7.20. The van der Waals surface area contributed by atoms with Crippen LogP contribution in [-0.4, -0.2) is 5.78 Å². The molecule has 78 valence electrons. The number of hydrogen-bond acceptors (Lipinski definition) is 1. The van der Waals surface area contributed by atoms with E-state index in [0.717, 1.165) is 11.1 Å². The van der Waals surface area contributed by atoms with E-state index in [2.05, 4.69) is 19.1 Å². The summed E-state index contributed by atoms with van der Waals surface area (Å²) < 4.78 is 0. The molecule has 0 spiro atoms. The molecule has 0 saturated heterocycles. The fourth-order valence-corrected chi connectivity index (χ4v) is 2.07. The Bertz CT molecular complexity index is 397. The lowest BCUT2D eigenvalue weighted by atomic mass is 9.96. The Morgan fingerprint density at radius 3 is 2.20 bits per heavy atom. The zero-order valence-electron chi connectivity index (χ0n) is 9.29. The van der Waals surface area contributed by atoms with E-state index in [-0.39, 0.29) is 5.78 Å². The molecule has 0 heterocycles. The second-order valence-electron chi connectivity index (χ2n) is 4.24. The van der Waals surface area contributed by atoms with E-state index in [1.54, 1.807) is 6.92 Å². The lowest BCUT2D eigenvalue weighted by molar-refractivity contribution is -0.113.